The van der Waals surface area contributed by atoms with Gasteiger partial charge in [-0.05, 0) is 30.2 Å². The van der Waals surface area contributed by atoms with Crippen molar-refractivity contribution in [1.82, 2.24) is 5.43 Å². The molecular formula is C17H16N2O5. The predicted molar refractivity (Wildman–Crippen MR) is 86.1 cm³/mol. The summed E-state index contributed by atoms with van der Waals surface area (Å²) in [5.74, 6) is 0.285. The third-order valence-electron chi connectivity index (χ3n) is 3.64. The number of benzene rings is 2. The Morgan fingerprint density at radius 2 is 1.96 bits per heavy atom. The van der Waals surface area contributed by atoms with Crippen LogP contribution in [0.25, 0.3) is 0 Å². The lowest BCUT2D eigenvalue weighted by Crippen LogP contribution is -2.49. The number of amides is 2. The molecule has 1 aliphatic heterocycles. The fourth-order valence-corrected chi connectivity index (χ4v) is 2.49. The van der Waals surface area contributed by atoms with E-state index in [-0.39, 0.29) is 23.8 Å². The van der Waals surface area contributed by atoms with Gasteiger partial charge in [0.2, 0.25) is 5.91 Å². The number of nitrogens with one attached hydrogen (secondary N) is 1. The normalized spacial score (nSPS) is 13.2. The van der Waals surface area contributed by atoms with Crippen molar-refractivity contribution in [3.05, 3.63) is 48.0 Å². The standard InChI is InChI=1S/C17H16N2O5/c1-23-15-10-13-11(9-14(15)20)7-8-16(21)19(13)18-17(22)24-12-5-3-2-4-6-12/h2-6,9-10,20H,7-8H2,1H3,(H,18,22). The molecule has 0 radical (unpaired) electrons. The van der Waals surface area contributed by atoms with E-state index < -0.39 is 6.09 Å². The van der Waals surface area contributed by atoms with E-state index in [4.69, 9.17) is 9.47 Å². The maximum Gasteiger partial charge on any atom is 0.432 e. The van der Waals surface area contributed by atoms with Gasteiger partial charge in [-0.3, -0.25) is 4.79 Å². The number of hydrogen-bond acceptors (Lipinski definition) is 5. The zero-order chi connectivity index (χ0) is 17.1. The molecule has 0 saturated carbocycles. The number of anilines is 1. The van der Waals surface area contributed by atoms with Gasteiger partial charge in [0.25, 0.3) is 0 Å². The summed E-state index contributed by atoms with van der Waals surface area (Å²) in [6.45, 7) is 0. The number of para-hydroxylation sites is 1. The molecule has 1 heterocycles. The Bertz CT molecular complexity index is 776. The van der Waals surface area contributed by atoms with Crippen LogP contribution in [0.2, 0.25) is 0 Å². The zero-order valence-electron chi connectivity index (χ0n) is 13.0. The summed E-state index contributed by atoms with van der Waals surface area (Å²) in [5.41, 5.74) is 3.61. The first-order chi connectivity index (χ1) is 11.6. The number of fused-ring (bicyclic) bond motifs is 1. The van der Waals surface area contributed by atoms with Gasteiger partial charge in [-0.1, -0.05) is 18.2 Å². The Morgan fingerprint density at radius 3 is 2.67 bits per heavy atom. The van der Waals surface area contributed by atoms with Crippen LogP contribution in [0.5, 0.6) is 17.2 Å². The molecule has 2 aromatic rings. The summed E-state index contributed by atoms with van der Waals surface area (Å²) in [7, 11) is 1.41. The molecule has 0 spiro atoms. The Morgan fingerprint density at radius 1 is 1.21 bits per heavy atom. The molecule has 0 bridgehead atoms. The Balaban J connectivity index is 1.83. The molecule has 7 nitrogen and oxygen atoms in total. The second-order valence-corrected chi connectivity index (χ2v) is 5.20. The van der Waals surface area contributed by atoms with Crippen LogP contribution >= 0.6 is 0 Å². The molecule has 0 aromatic heterocycles. The van der Waals surface area contributed by atoms with Gasteiger partial charge < -0.3 is 14.6 Å². The molecule has 0 fully saturated rings. The molecule has 2 amide bonds. The zero-order valence-corrected chi connectivity index (χ0v) is 13.0. The fraction of sp³-hybridized carbons (Fsp3) is 0.176. The summed E-state index contributed by atoms with van der Waals surface area (Å²) in [5, 5.41) is 11.0. The van der Waals surface area contributed by atoms with Crippen LogP contribution in [0.3, 0.4) is 0 Å². The molecule has 1 aliphatic rings. The Labute approximate surface area is 138 Å². The van der Waals surface area contributed by atoms with E-state index in [0.29, 0.717) is 17.9 Å². The van der Waals surface area contributed by atoms with E-state index >= 15 is 0 Å². The predicted octanol–water partition coefficient (Wildman–Crippen LogP) is 2.38. The summed E-state index contributed by atoms with van der Waals surface area (Å²) in [6.07, 6.45) is -0.100. The fourth-order valence-electron chi connectivity index (χ4n) is 2.49. The SMILES string of the molecule is COc1cc2c(cc1O)CCC(=O)N2NC(=O)Oc1ccccc1. The number of nitrogens with zero attached hydrogens (tertiary/aromatic N) is 1. The van der Waals surface area contributed by atoms with Gasteiger partial charge in [-0.25, -0.2) is 15.2 Å². The first-order valence-corrected chi connectivity index (χ1v) is 7.35. The minimum atomic E-state index is -0.783. The molecular weight excluding hydrogens is 312 g/mol. The van der Waals surface area contributed by atoms with Gasteiger partial charge in [0.1, 0.15) is 5.75 Å². The number of ether oxygens (including phenoxy) is 2. The Kier molecular flexibility index (Phi) is 4.24. The number of phenolic OH excluding ortho intramolecular Hbond substituents is 1. The summed E-state index contributed by atoms with van der Waals surface area (Å²) in [4.78, 5) is 24.2. The number of phenols is 1. The summed E-state index contributed by atoms with van der Waals surface area (Å²) >= 11 is 0. The number of methoxy groups -OCH3 is 1. The van der Waals surface area contributed by atoms with Crippen molar-refractivity contribution in [2.75, 3.05) is 12.1 Å². The lowest BCUT2D eigenvalue weighted by Gasteiger charge is -2.29. The number of hydrogen-bond donors (Lipinski definition) is 2. The molecule has 0 saturated heterocycles. The van der Waals surface area contributed by atoms with Crippen molar-refractivity contribution in [2.24, 2.45) is 0 Å². The maximum absolute atomic E-state index is 12.2. The highest BCUT2D eigenvalue weighted by Crippen LogP contribution is 2.36. The van der Waals surface area contributed by atoms with Crippen LogP contribution in [0.15, 0.2) is 42.5 Å². The molecule has 3 rings (SSSR count). The van der Waals surface area contributed by atoms with Crippen molar-refractivity contribution in [3.63, 3.8) is 0 Å². The molecule has 7 heteroatoms. The third-order valence-corrected chi connectivity index (χ3v) is 3.64. The van der Waals surface area contributed by atoms with E-state index in [1.807, 2.05) is 0 Å². The van der Waals surface area contributed by atoms with Crippen molar-refractivity contribution >= 4 is 17.7 Å². The summed E-state index contributed by atoms with van der Waals surface area (Å²) < 4.78 is 10.2. The first kappa shape index (κ1) is 15.7. The van der Waals surface area contributed by atoms with Crippen molar-refractivity contribution in [3.8, 4) is 17.2 Å². The van der Waals surface area contributed by atoms with Gasteiger partial charge in [-0.15, -0.1) is 0 Å². The minimum absolute atomic E-state index is 0.0163. The maximum atomic E-state index is 12.2. The van der Waals surface area contributed by atoms with Crippen LogP contribution in [-0.4, -0.2) is 24.2 Å². The van der Waals surface area contributed by atoms with Gasteiger partial charge in [-0.2, -0.15) is 0 Å². The number of aryl methyl sites for hydroxylation is 1. The van der Waals surface area contributed by atoms with Crippen LogP contribution in [0.1, 0.15) is 12.0 Å². The van der Waals surface area contributed by atoms with E-state index in [1.165, 1.54) is 19.2 Å². The third kappa shape index (κ3) is 3.10. The highest BCUT2D eigenvalue weighted by Gasteiger charge is 2.28. The molecule has 124 valence electrons. The van der Waals surface area contributed by atoms with E-state index in [9.17, 15) is 14.7 Å². The lowest BCUT2D eigenvalue weighted by atomic mass is 10.0. The van der Waals surface area contributed by atoms with Gasteiger partial charge in [0.05, 0.1) is 12.8 Å². The molecule has 2 N–H and O–H groups in total. The smallest absolute Gasteiger partial charge is 0.432 e. The monoisotopic (exact) mass is 328 g/mol. The largest absolute Gasteiger partial charge is 0.504 e. The summed E-state index contributed by atoms with van der Waals surface area (Å²) in [6, 6.07) is 11.6. The van der Waals surface area contributed by atoms with Gasteiger partial charge in [0.15, 0.2) is 11.5 Å². The van der Waals surface area contributed by atoms with Crippen molar-refractivity contribution < 1.29 is 24.2 Å². The number of carbonyl (C=O) groups is 2. The molecule has 0 atom stereocenters. The topological polar surface area (TPSA) is 88.1 Å². The number of aromatic hydroxyl groups is 1. The minimum Gasteiger partial charge on any atom is -0.504 e. The van der Waals surface area contributed by atoms with Crippen LogP contribution in [-0.2, 0) is 11.2 Å². The lowest BCUT2D eigenvalue weighted by molar-refractivity contribution is -0.119. The highest BCUT2D eigenvalue weighted by atomic mass is 16.6. The highest BCUT2D eigenvalue weighted by molar-refractivity contribution is 5.98. The molecule has 2 aromatic carbocycles. The second kappa shape index (κ2) is 6.49. The first-order valence-electron chi connectivity index (χ1n) is 7.35. The van der Waals surface area contributed by atoms with Gasteiger partial charge in [0, 0.05) is 12.5 Å². The quantitative estimate of drug-likeness (QED) is 0.903. The van der Waals surface area contributed by atoms with E-state index in [2.05, 4.69) is 5.43 Å². The average Bonchev–Trinajstić information content (AvgIpc) is 2.58. The van der Waals surface area contributed by atoms with E-state index in [1.54, 1.807) is 30.3 Å². The number of carbonyl (C=O) groups excluding carboxylic acids is 2. The van der Waals surface area contributed by atoms with Crippen LogP contribution in [0, 0.1) is 0 Å². The Hall–Kier alpha value is -3.22. The van der Waals surface area contributed by atoms with E-state index in [0.717, 1.165) is 10.6 Å². The number of hydrazine groups is 1. The second-order valence-electron chi connectivity index (χ2n) is 5.20. The average molecular weight is 328 g/mol. The molecule has 0 aliphatic carbocycles. The van der Waals surface area contributed by atoms with Crippen molar-refractivity contribution in [2.45, 2.75) is 12.8 Å². The van der Waals surface area contributed by atoms with Crippen LogP contribution < -0.4 is 19.9 Å². The molecule has 24 heavy (non-hydrogen) atoms. The number of rotatable bonds is 3. The van der Waals surface area contributed by atoms with Crippen LogP contribution in [0.4, 0.5) is 10.5 Å². The van der Waals surface area contributed by atoms with Gasteiger partial charge >= 0.3 is 6.09 Å². The van der Waals surface area contributed by atoms with Crippen molar-refractivity contribution in [1.29, 1.82) is 0 Å². The molecule has 0 unspecified atom stereocenters.